The van der Waals surface area contributed by atoms with Crippen molar-refractivity contribution < 1.29 is 23.9 Å². The molecule has 1 aliphatic rings. The van der Waals surface area contributed by atoms with Gasteiger partial charge in [-0.05, 0) is 30.2 Å². The third kappa shape index (κ3) is 6.58. The number of benzene rings is 2. The topological polar surface area (TPSA) is 84.9 Å². The number of hydrogen-bond acceptors (Lipinski definition) is 7. The lowest BCUT2D eigenvalue weighted by Crippen LogP contribution is -2.37. The van der Waals surface area contributed by atoms with Gasteiger partial charge in [0.15, 0.2) is 5.12 Å². The van der Waals surface area contributed by atoms with Gasteiger partial charge in [-0.25, -0.2) is 4.79 Å². The van der Waals surface area contributed by atoms with Crippen LogP contribution in [-0.4, -0.2) is 56.2 Å². The zero-order chi connectivity index (χ0) is 22.9. The molecular formula is C24H28N2O5S. The molecule has 1 aliphatic heterocycles. The molecule has 1 unspecified atom stereocenters. The van der Waals surface area contributed by atoms with E-state index in [1.54, 1.807) is 12.1 Å². The molecule has 1 N–H and O–H groups in total. The van der Waals surface area contributed by atoms with Gasteiger partial charge in [-0.1, -0.05) is 42.1 Å². The first-order valence-electron chi connectivity index (χ1n) is 10.5. The summed E-state index contributed by atoms with van der Waals surface area (Å²) in [6.07, 6.45) is 0.510. The van der Waals surface area contributed by atoms with Crippen LogP contribution in [0.1, 0.15) is 22.8 Å². The summed E-state index contributed by atoms with van der Waals surface area (Å²) >= 11 is 1.14. The molecule has 3 rings (SSSR count). The van der Waals surface area contributed by atoms with Gasteiger partial charge in [0.2, 0.25) is 5.91 Å². The van der Waals surface area contributed by atoms with Crippen LogP contribution in [0.5, 0.6) is 0 Å². The molecule has 7 nitrogen and oxygen atoms in total. The van der Waals surface area contributed by atoms with Crippen LogP contribution in [0.15, 0.2) is 48.5 Å². The minimum atomic E-state index is -0.470. The smallest absolute Gasteiger partial charge is 0.337 e. The number of thioether (sulfide) groups is 1. The van der Waals surface area contributed by atoms with Gasteiger partial charge in [0.25, 0.3) is 0 Å². The van der Waals surface area contributed by atoms with Crippen molar-refractivity contribution in [1.82, 2.24) is 0 Å². The van der Waals surface area contributed by atoms with E-state index in [1.807, 2.05) is 36.4 Å². The van der Waals surface area contributed by atoms with Crippen molar-refractivity contribution in [2.24, 2.45) is 5.92 Å². The Morgan fingerprint density at radius 3 is 2.50 bits per heavy atom. The minimum Gasteiger partial charge on any atom is -0.465 e. The first-order chi connectivity index (χ1) is 15.5. The number of carbonyl (C=O) groups is 3. The van der Waals surface area contributed by atoms with E-state index < -0.39 is 11.9 Å². The molecule has 0 saturated carbocycles. The van der Waals surface area contributed by atoms with E-state index in [-0.39, 0.29) is 11.0 Å². The number of hydrogen-bond donors (Lipinski definition) is 1. The summed E-state index contributed by atoms with van der Waals surface area (Å²) < 4.78 is 10.3. The Morgan fingerprint density at radius 2 is 1.84 bits per heavy atom. The molecule has 0 aliphatic carbocycles. The monoisotopic (exact) mass is 456 g/mol. The quantitative estimate of drug-likeness (QED) is 0.610. The number of anilines is 2. The van der Waals surface area contributed by atoms with Gasteiger partial charge in [0, 0.05) is 25.8 Å². The summed E-state index contributed by atoms with van der Waals surface area (Å²) in [6.45, 7) is 4.07. The highest BCUT2D eigenvalue weighted by Gasteiger charge is 2.24. The number of amides is 1. The zero-order valence-corrected chi connectivity index (χ0v) is 19.2. The zero-order valence-electron chi connectivity index (χ0n) is 18.3. The number of nitrogens with zero attached hydrogens (tertiary/aromatic N) is 1. The molecule has 0 bridgehead atoms. The second-order valence-electron chi connectivity index (χ2n) is 7.50. The normalized spacial score (nSPS) is 14.5. The molecule has 1 amide bonds. The lowest BCUT2D eigenvalue weighted by Gasteiger charge is -2.31. The molecule has 2 aromatic rings. The van der Waals surface area contributed by atoms with Crippen LogP contribution in [0.3, 0.4) is 0 Å². The molecule has 0 spiro atoms. The average molecular weight is 457 g/mol. The molecule has 1 heterocycles. The standard InChI is InChI=1S/C24H28N2O5S/c1-17(27)32-16-20(14-18-6-4-3-5-7-18)23(28)25-21-15-19(24(29)30-2)8-9-22(21)26-10-12-31-13-11-26/h3-9,15,20H,10-14,16H2,1-2H3,(H,25,28). The predicted molar refractivity (Wildman–Crippen MR) is 126 cm³/mol. The minimum absolute atomic E-state index is 0.0300. The number of carbonyl (C=O) groups excluding carboxylic acids is 3. The van der Waals surface area contributed by atoms with Crippen LogP contribution in [0, 0.1) is 5.92 Å². The molecule has 1 fully saturated rings. The number of esters is 1. The van der Waals surface area contributed by atoms with Crippen molar-refractivity contribution in [2.45, 2.75) is 13.3 Å². The van der Waals surface area contributed by atoms with Gasteiger partial charge < -0.3 is 19.7 Å². The van der Waals surface area contributed by atoms with E-state index in [9.17, 15) is 14.4 Å². The third-order valence-electron chi connectivity index (χ3n) is 5.21. The number of rotatable bonds is 8. The fourth-order valence-corrected chi connectivity index (χ4v) is 4.24. The molecule has 2 aromatic carbocycles. The van der Waals surface area contributed by atoms with Crippen LogP contribution >= 0.6 is 11.8 Å². The van der Waals surface area contributed by atoms with Gasteiger partial charge in [-0.2, -0.15) is 0 Å². The first-order valence-corrected chi connectivity index (χ1v) is 11.5. The summed E-state index contributed by atoms with van der Waals surface area (Å²) in [6, 6.07) is 14.9. The van der Waals surface area contributed by atoms with Crippen LogP contribution < -0.4 is 10.2 Å². The van der Waals surface area contributed by atoms with Crippen molar-refractivity contribution in [3.63, 3.8) is 0 Å². The third-order valence-corrected chi connectivity index (χ3v) is 6.19. The van der Waals surface area contributed by atoms with E-state index in [0.29, 0.717) is 49.7 Å². The lowest BCUT2D eigenvalue weighted by molar-refractivity contribution is -0.119. The molecule has 170 valence electrons. The van der Waals surface area contributed by atoms with E-state index in [0.717, 1.165) is 23.0 Å². The van der Waals surface area contributed by atoms with Crippen LogP contribution in [0.4, 0.5) is 11.4 Å². The van der Waals surface area contributed by atoms with Gasteiger partial charge in [-0.3, -0.25) is 9.59 Å². The van der Waals surface area contributed by atoms with Gasteiger partial charge in [0.1, 0.15) is 0 Å². The van der Waals surface area contributed by atoms with Crippen molar-refractivity contribution >= 4 is 40.1 Å². The van der Waals surface area contributed by atoms with Gasteiger partial charge in [0.05, 0.1) is 43.2 Å². The highest BCUT2D eigenvalue weighted by atomic mass is 32.2. The molecule has 32 heavy (non-hydrogen) atoms. The van der Waals surface area contributed by atoms with Crippen LogP contribution in [0.25, 0.3) is 0 Å². The Bertz CT molecular complexity index is 945. The molecule has 1 atom stereocenters. The summed E-state index contributed by atoms with van der Waals surface area (Å²) in [7, 11) is 1.32. The van der Waals surface area contributed by atoms with E-state index >= 15 is 0 Å². The highest BCUT2D eigenvalue weighted by Crippen LogP contribution is 2.29. The Labute approximate surface area is 192 Å². The number of nitrogens with one attached hydrogen (secondary N) is 1. The average Bonchev–Trinajstić information content (AvgIpc) is 2.82. The Balaban J connectivity index is 1.86. The summed E-state index contributed by atoms with van der Waals surface area (Å²) in [5, 5.41) is 2.99. The van der Waals surface area contributed by atoms with E-state index in [4.69, 9.17) is 9.47 Å². The number of methoxy groups -OCH3 is 1. The first kappa shape index (κ1) is 23.8. The summed E-state index contributed by atoms with van der Waals surface area (Å²) in [5.74, 6) is -0.702. The predicted octanol–water partition coefficient (Wildman–Crippen LogP) is 3.39. The van der Waals surface area contributed by atoms with Gasteiger partial charge >= 0.3 is 5.97 Å². The van der Waals surface area contributed by atoms with E-state index in [2.05, 4.69) is 10.2 Å². The van der Waals surface area contributed by atoms with Crippen molar-refractivity contribution in [2.75, 3.05) is 49.4 Å². The Kier molecular flexibility index (Phi) is 8.70. The maximum Gasteiger partial charge on any atom is 0.337 e. The largest absolute Gasteiger partial charge is 0.465 e. The van der Waals surface area contributed by atoms with Crippen LogP contribution in [-0.2, 0) is 25.5 Å². The van der Waals surface area contributed by atoms with Crippen molar-refractivity contribution in [3.8, 4) is 0 Å². The Morgan fingerprint density at radius 1 is 1.12 bits per heavy atom. The molecule has 1 saturated heterocycles. The SMILES string of the molecule is COC(=O)c1ccc(N2CCOCC2)c(NC(=O)C(CSC(C)=O)Cc2ccccc2)c1. The molecule has 0 aromatic heterocycles. The van der Waals surface area contributed by atoms with E-state index in [1.165, 1.54) is 14.0 Å². The fourth-order valence-electron chi connectivity index (χ4n) is 3.54. The number of ether oxygens (including phenoxy) is 2. The lowest BCUT2D eigenvalue weighted by atomic mass is 10.00. The van der Waals surface area contributed by atoms with Gasteiger partial charge in [-0.15, -0.1) is 0 Å². The highest BCUT2D eigenvalue weighted by molar-refractivity contribution is 8.13. The second-order valence-corrected chi connectivity index (χ2v) is 8.70. The fraction of sp³-hybridized carbons (Fsp3) is 0.375. The summed E-state index contributed by atoms with van der Waals surface area (Å²) in [4.78, 5) is 39.1. The Hall–Kier alpha value is -2.84. The molecular weight excluding hydrogens is 428 g/mol. The maximum atomic E-state index is 13.3. The second kappa shape index (κ2) is 11.7. The molecule has 0 radical (unpaired) electrons. The van der Waals surface area contributed by atoms with Crippen molar-refractivity contribution in [3.05, 3.63) is 59.7 Å². The number of morpholine rings is 1. The summed E-state index contributed by atoms with van der Waals surface area (Å²) in [5.41, 5.74) is 2.75. The molecule has 8 heteroatoms. The van der Waals surface area contributed by atoms with Crippen molar-refractivity contribution in [1.29, 1.82) is 0 Å². The maximum absolute atomic E-state index is 13.3. The van der Waals surface area contributed by atoms with Crippen LogP contribution in [0.2, 0.25) is 0 Å².